The molecule has 1 aromatic rings. The van der Waals surface area contributed by atoms with Crippen molar-refractivity contribution >= 4 is 7.69 Å². The Morgan fingerprint density at radius 2 is 2.00 bits per heavy atom. The van der Waals surface area contributed by atoms with Gasteiger partial charge in [-0.1, -0.05) is 6.07 Å². The quantitative estimate of drug-likeness (QED) is 0.492. The van der Waals surface area contributed by atoms with Gasteiger partial charge in [0.15, 0.2) is 0 Å². The van der Waals surface area contributed by atoms with E-state index < -0.39 is 0 Å². The summed E-state index contributed by atoms with van der Waals surface area (Å²) in [5, 5.41) is 14.0. The fourth-order valence-electron chi connectivity index (χ4n) is 0.448. The van der Waals surface area contributed by atoms with Gasteiger partial charge in [0.05, 0.1) is 0 Å². The Morgan fingerprint density at radius 1 is 1.40 bits per heavy atom. The molecule has 1 rings (SSSR count). The Morgan fingerprint density at radius 3 is 2.20 bits per heavy atom. The number of hydrogen-bond donors (Lipinski definition) is 2. The molecule has 0 atom stereocenters. The largest absolute Gasteiger partial charge is 0.482 e. The molecule has 1 heterocycles. The lowest BCUT2D eigenvalue weighted by atomic mass is 10.4. The van der Waals surface area contributed by atoms with Crippen molar-refractivity contribution in [2.24, 2.45) is 0 Å². The lowest BCUT2D eigenvalue weighted by molar-refractivity contribution is 0.448. The molecule has 0 amide bonds. The number of nitrogens with zero attached hydrogens (tertiary/aromatic N) is 1. The van der Waals surface area contributed by atoms with Gasteiger partial charge in [0.2, 0.25) is 0 Å². The maximum atomic E-state index is 7.00. The van der Waals surface area contributed by atoms with Crippen molar-refractivity contribution in [3.05, 3.63) is 30.1 Å². The lowest BCUT2D eigenvalue weighted by Crippen LogP contribution is -1.75. The molecule has 1 aromatic heterocycles. The summed E-state index contributed by atoms with van der Waals surface area (Å²) in [5.41, 5.74) is 1.07. The van der Waals surface area contributed by atoms with Crippen molar-refractivity contribution in [3.8, 4) is 0 Å². The molecule has 10 heavy (non-hydrogen) atoms. The van der Waals surface area contributed by atoms with Gasteiger partial charge >= 0.3 is 7.69 Å². The van der Waals surface area contributed by atoms with Gasteiger partial charge in [-0.25, -0.2) is 0 Å². The highest BCUT2D eigenvalue weighted by molar-refractivity contribution is 6.13. The molecule has 0 aliphatic carbocycles. The molecule has 53 valence electrons. The Hall–Kier alpha value is -0.865. The SMILES string of the molecule is Cc1ccccn1.O[B]O. The molecular weight excluding hydrogens is 129 g/mol. The molecule has 2 N–H and O–H groups in total. The minimum absolute atomic E-state index is 0. The maximum absolute atomic E-state index is 7.00. The summed E-state index contributed by atoms with van der Waals surface area (Å²) < 4.78 is 0. The van der Waals surface area contributed by atoms with Crippen molar-refractivity contribution in [3.63, 3.8) is 0 Å². The first-order chi connectivity index (χ1) is 4.81. The Labute approximate surface area is 60.7 Å². The summed E-state index contributed by atoms with van der Waals surface area (Å²) in [6.07, 6.45) is 1.79. The first-order valence-electron chi connectivity index (χ1n) is 2.79. The van der Waals surface area contributed by atoms with Crippen LogP contribution in [0.15, 0.2) is 24.4 Å². The summed E-state index contributed by atoms with van der Waals surface area (Å²) in [6.45, 7) is 1.97. The number of hydrogen-bond acceptors (Lipinski definition) is 3. The average molecular weight is 138 g/mol. The maximum Gasteiger partial charge on any atom is 0.482 e. The van der Waals surface area contributed by atoms with E-state index in [0.717, 1.165) is 5.69 Å². The second kappa shape index (κ2) is 6.26. The molecule has 0 aromatic carbocycles. The zero-order valence-electron chi connectivity index (χ0n) is 5.73. The van der Waals surface area contributed by atoms with Crippen molar-refractivity contribution < 1.29 is 10.0 Å². The smallest absolute Gasteiger partial charge is 0.429 e. The minimum Gasteiger partial charge on any atom is -0.429 e. The number of pyridine rings is 1. The zero-order chi connectivity index (χ0) is 7.82. The molecule has 0 unspecified atom stereocenters. The second-order valence-corrected chi connectivity index (χ2v) is 1.59. The van der Waals surface area contributed by atoms with Crippen LogP contribution in [-0.4, -0.2) is 22.7 Å². The van der Waals surface area contributed by atoms with Crippen molar-refractivity contribution in [1.29, 1.82) is 0 Å². The molecule has 3 nitrogen and oxygen atoms in total. The first kappa shape index (κ1) is 9.13. The number of aromatic nitrogens is 1. The van der Waals surface area contributed by atoms with Crippen LogP contribution < -0.4 is 0 Å². The lowest BCUT2D eigenvalue weighted by Gasteiger charge is -1.82. The summed E-state index contributed by atoms with van der Waals surface area (Å²) in [4.78, 5) is 3.98. The molecule has 1 radical (unpaired) electrons. The van der Waals surface area contributed by atoms with Crippen LogP contribution in [0.5, 0.6) is 0 Å². The van der Waals surface area contributed by atoms with E-state index in [0.29, 0.717) is 0 Å². The van der Waals surface area contributed by atoms with E-state index >= 15 is 0 Å². The topological polar surface area (TPSA) is 53.4 Å². The van der Waals surface area contributed by atoms with Gasteiger partial charge in [0, 0.05) is 11.9 Å². The van der Waals surface area contributed by atoms with Gasteiger partial charge in [-0.05, 0) is 19.1 Å². The van der Waals surface area contributed by atoms with Gasteiger partial charge in [0.1, 0.15) is 0 Å². The first-order valence-corrected chi connectivity index (χ1v) is 2.79. The predicted molar refractivity (Wildman–Crippen MR) is 39.2 cm³/mol. The van der Waals surface area contributed by atoms with E-state index in [9.17, 15) is 0 Å². The van der Waals surface area contributed by atoms with E-state index in [1.807, 2.05) is 25.1 Å². The molecule has 4 heteroatoms. The zero-order valence-corrected chi connectivity index (χ0v) is 5.73. The van der Waals surface area contributed by atoms with Gasteiger partial charge in [-0.2, -0.15) is 0 Å². The Bertz CT molecular complexity index is 157. The van der Waals surface area contributed by atoms with Gasteiger partial charge in [0.25, 0.3) is 0 Å². The summed E-state index contributed by atoms with van der Waals surface area (Å²) in [7, 11) is 0. The highest BCUT2D eigenvalue weighted by Gasteiger charge is 1.73. The summed E-state index contributed by atoms with van der Waals surface area (Å²) in [6, 6.07) is 5.86. The molecule has 0 saturated heterocycles. The third-order valence-electron chi connectivity index (χ3n) is 0.813. The van der Waals surface area contributed by atoms with E-state index in [2.05, 4.69) is 4.98 Å². The van der Waals surface area contributed by atoms with Gasteiger partial charge in [-0.15, -0.1) is 0 Å². The molecule has 0 fully saturated rings. The average Bonchev–Trinajstić information content (AvgIpc) is 1.91. The van der Waals surface area contributed by atoms with Crippen molar-refractivity contribution in [2.75, 3.05) is 0 Å². The van der Waals surface area contributed by atoms with Gasteiger partial charge in [-0.3, -0.25) is 4.98 Å². The molecule has 0 saturated carbocycles. The van der Waals surface area contributed by atoms with Crippen LogP contribution in [0.3, 0.4) is 0 Å². The number of rotatable bonds is 0. The van der Waals surface area contributed by atoms with E-state index in [1.54, 1.807) is 6.20 Å². The predicted octanol–water partition coefficient (Wildman–Crippen LogP) is -0.105. The monoisotopic (exact) mass is 138 g/mol. The van der Waals surface area contributed by atoms with E-state index in [1.165, 1.54) is 0 Å². The van der Waals surface area contributed by atoms with Crippen LogP contribution in [0, 0.1) is 6.92 Å². The van der Waals surface area contributed by atoms with Crippen LogP contribution in [0.2, 0.25) is 0 Å². The molecule has 0 aliphatic heterocycles. The summed E-state index contributed by atoms with van der Waals surface area (Å²) >= 11 is 0. The number of aryl methyl sites for hydroxylation is 1. The highest BCUT2D eigenvalue weighted by Crippen LogP contribution is 1.85. The standard InChI is InChI=1S/C6H7N.BH2O2/c1-6-4-2-3-5-7-6;2-1-3/h2-5H,1H3;2-3H. The Kier molecular flexibility index (Phi) is 5.72. The fourth-order valence-corrected chi connectivity index (χ4v) is 0.448. The molecule has 0 bridgehead atoms. The minimum atomic E-state index is 0. The van der Waals surface area contributed by atoms with Crippen LogP contribution >= 0.6 is 0 Å². The summed E-state index contributed by atoms with van der Waals surface area (Å²) in [5.74, 6) is 0. The molecular formula is C6H9BNO2. The van der Waals surface area contributed by atoms with Crippen LogP contribution in [-0.2, 0) is 0 Å². The van der Waals surface area contributed by atoms with E-state index in [-0.39, 0.29) is 7.69 Å². The van der Waals surface area contributed by atoms with Crippen molar-refractivity contribution in [2.45, 2.75) is 6.92 Å². The molecule has 0 aliphatic rings. The third-order valence-corrected chi connectivity index (χ3v) is 0.813. The second-order valence-electron chi connectivity index (χ2n) is 1.59. The third kappa shape index (κ3) is 5.28. The van der Waals surface area contributed by atoms with Crippen LogP contribution in [0.1, 0.15) is 5.69 Å². The van der Waals surface area contributed by atoms with Crippen LogP contribution in [0.4, 0.5) is 0 Å². The fraction of sp³-hybridized carbons (Fsp3) is 0.167. The normalized spacial score (nSPS) is 7.50. The van der Waals surface area contributed by atoms with E-state index in [4.69, 9.17) is 10.0 Å². The van der Waals surface area contributed by atoms with Crippen LogP contribution in [0.25, 0.3) is 0 Å². The molecule has 0 spiro atoms. The Balaban J connectivity index is 0.000000236. The highest BCUT2D eigenvalue weighted by atomic mass is 16.4. The van der Waals surface area contributed by atoms with Gasteiger partial charge < -0.3 is 10.0 Å². The van der Waals surface area contributed by atoms with Crippen molar-refractivity contribution in [1.82, 2.24) is 4.98 Å².